The fourth-order valence-electron chi connectivity index (χ4n) is 1.54. The Hall–Kier alpha value is -1.04. The van der Waals surface area contributed by atoms with E-state index < -0.39 is 0 Å². The van der Waals surface area contributed by atoms with Gasteiger partial charge in [-0.15, -0.1) is 0 Å². The number of hydrogen-bond acceptors (Lipinski definition) is 0. The Labute approximate surface area is 75.0 Å². The number of rotatable bonds is 1. The van der Waals surface area contributed by atoms with Crippen LogP contribution < -0.4 is 0 Å². The fraction of sp³-hybridized carbons (Fsp3) is 0.333. The standard InChI is InChI=1S/C12H16/c1-8(2)6-12-10(4)7-9(3)11(12)5/h6,9H,1,4-5,7H2,2-3H3/b12-6+. The van der Waals surface area contributed by atoms with E-state index in [4.69, 9.17) is 0 Å². The lowest BCUT2D eigenvalue weighted by molar-refractivity contribution is 0.744. The summed E-state index contributed by atoms with van der Waals surface area (Å²) >= 11 is 0. The highest BCUT2D eigenvalue weighted by Gasteiger charge is 2.22. The second-order valence-electron chi connectivity index (χ2n) is 3.64. The van der Waals surface area contributed by atoms with Gasteiger partial charge in [0.05, 0.1) is 0 Å². The lowest BCUT2D eigenvalue weighted by Crippen LogP contribution is -1.86. The van der Waals surface area contributed by atoms with Gasteiger partial charge in [0.1, 0.15) is 0 Å². The first kappa shape index (κ1) is 9.05. The molecule has 0 saturated heterocycles. The molecule has 0 aromatic heterocycles. The van der Waals surface area contributed by atoms with Gasteiger partial charge in [0.15, 0.2) is 0 Å². The van der Waals surface area contributed by atoms with Crippen molar-refractivity contribution in [3.8, 4) is 0 Å². The van der Waals surface area contributed by atoms with Crippen LogP contribution in [0.5, 0.6) is 0 Å². The monoisotopic (exact) mass is 160 g/mol. The van der Waals surface area contributed by atoms with Gasteiger partial charge >= 0.3 is 0 Å². The molecular weight excluding hydrogens is 144 g/mol. The van der Waals surface area contributed by atoms with Crippen LogP contribution in [0, 0.1) is 5.92 Å². The van der Waals surface area contributed by atoms with Gasteiger partial charge < -0.3 is 0 Å². The van der Waals surface area contributed by atoms with Gasteiger partial charge in [0.25, 0.3) is 0 Å². The molecule has 0 heteroatoms. The van der Waals surface area contributed by atoms with Gasteiger partial charge in [0, 0.05) is 0 Å². The summed E-state index contributed by atoms with van der Waals surface area (Å²) in [5.74, 6) is 0.558. The van der Waals surface area contributed by atoms with Crippen LogP contribution in [0.2, 0.25) is 0 Å². The van der Waals surface area contributed by atoms with E-state index in [0.717, 1.165) is 12.0 Å². The van der Waals surface area contributed by atoms with Crippen LogP contribution in [-0.4, -0.2) is 0 Å². The van der Waals surface area contributed by atoms with Crippen molar-refractivity contribution in [1.82, 2.24) is 0 Å². The van der Waals surface area contributed by atoms with Crippen LogP contribution in [0.1, 0.15) is 20.3 Å². The molecule has 1 rings (SSSR count). The zero-order valence-electron chi connectivity index (χ0n) is 7.98. The number of allylic oxidation sites excluding steroid dienone is 5. The second-order valence-corrected chi connectivity index (χ2v) is 3.64. The minimum atomic E-state index is 0.558. The van der Waals surface area contributed by atoms with Crippen molar-refractivity contribution in [2.24, 2.45) is 5.92 Å². The zero-order chi connectivity index (χ0) is 9.30. The molecule has 0 nitrogen and oxygen atoms in total. The molecule has 1 fully saturated rings. The molecule has 12 heavy (non-hydrogen) atoms. The Kier molecular flexibility index (Phi) is 2.37. The van der Waals surface area contributed by atoms with Crippen molar-refractivity contribution in [2.45, 2.75) is 20.3 Å². The van der Waals surface area contributed by atoms with Crippen molar-refractivity contribution in [2.75, 3.05) is 0 Å². The molecule has 1 aliphatic rings. The molecule has 64 valence electrons. The van der Waals surface area contributed by atoms with Gasteiger partial charge in [-0.05, 0) is 36.0 Å². The highest BCUT2D eigenvalue weighted by Crippen LogP contribution is 2.38. The van der Waals surface area contributed by atoms with E-state index in [1.807, 2.05) is 6.92 Å². The van der Waals surface area contributed by atoms with Crippen molar-refractivity contribution in [3.05, 3.63) is 48.1 Å². The summed E-state index contributed by atoms with van der Waals surface area (Å²) in [4.78, 5) is 0. The summed E-state index contributed by atoms with van der Waals surface area (Å²) in [6.45, 7) is 16.1. The molecule has 1 atom stereocenters. The lowest BCUT2D eigenvalue weighted by atomic mass is 10.0. The first-order chi connectivity index (χ1) is 5.52. The molecule has 0 bridgehead atoms. The SMILES string of the molecule is C=C(C)/C=C1\C(=C)CC(C)C1=C. The maximum atomic E-state index is 4.05. The molecule has 0 spiro atoms. The predicted molar refractivity (Wildman–Crippen MR) is 55.0 cm³/mol. The van der Waals surface area contributed by atoms with E-state index in [1.54, 1.807) is 0 Å². The summed E-state index contributed by atoms with van der Waals surface area (Å²) < 4.78 is 0. The van der Waals surface area contributed by atoms with Gasteiger partial charge in [-0.25, -0.2) is 0 Å². The van der Waals surface area contributed by atoms with Gasteiger partial charge in [-0.1, -0.05) is 38.3 Å². The van der Waals surface area contributed by atoms with Crippen LogP contribution in [0.15, 0.2) is 48.1 Å². The normalized spacial score (nSPS) is 26.8. The average Bonchev–Trinajstić information content (AvgIpc) is 2.16. The van der Waals surface area contributed by atoms with Crippen molar-refractivity contribution in [1.29, 1.82) is 0 Å². The highest BCUT2D eigenvalue weighted by atomic mass is 14.3. The Bertz CT molecular complexity index is 276. The molecule has 1 aliphatic carbocycles. The fourth-order valence-corrected chi connectivity index (χ4v) is 1.54. The van der Waals surface area contributed by atoms with Crippen LogP contribution in [0.4, 0.5) is 0 Å². The number of hydrogen-bond donors (Lipinski definition) is 0. The van der Waals surface area contributed by atoms with E-state index >= 15 is 0 Å². The third kappa shape index (κ3) is 1.58. The van der Waals surface area contributed by atoms with E-state index in [-0.39, 0.29) is 0 Å². The summed E-state index contributed by atoms with van der Waals surface area (Å²) in [7, 11) is 0. The molecule has 0 radical (unpaired) electrons. The summed E-state index contributed by atoms with van der Waals surface area (Å²) in [6, 6.07) is 0. The molecule has 1 saturated carbocycles. The van der Waals surface area contributed by atoms with Gasteiger partial charge in [-0.2, -0.15) is 0 Å². The van der Waals surface area contributed by atoms with Crippen LogP contribution in [-0.2, 0) is 0 Å². The zero-order valence-corrected chi connectivity index (χ0v) is 7.98. The van der Waals surface area contributed by atoms with E-state index in [0.29, 0.717) is 5.92 Å². The first-order valence-corrected chi connectivity index (χ1v) is 4.27. The maximum Gasteiger partial charge on any atom is -0.0150 e. The Morgan fingerprint density at radius 1 is 1.50 bits per heavy atom. The molecular formula is C12H16. The third-order valence-corrected chi connectivity index (χ3v) is 2.27. The Balaban J connectivity index is 2.99. The Morgan fingerprint density at radius 3 is 2.42 bits per heavy atom. The minimum Gasteiger partial charge on any atom is -0.0961 e. The largest absolute Gasteiger partial charge is 0.0961 e. The van der Waals surface area contributed by atoms with Gasteiger partial charge in [0.2, 0.25) is 0 Å². The average molecular weight is 160 g/mol. The Morgan fingerprint density at radius 2 is 2.08 bits per heavy atom. The smallest absolute Gasteiger partial charge is 0.0150 e. The molecule has 0 N–H and O–H groups in total. The maximum absolute atomic E-state index is 4.05. The lowest BCUT2D eigenvalue weighted by Gasteiger charge is -2.02. The van der Waals surface area contributed by atoms with Crippen molar-refractivity contribution < 1.29 is 0 Å². The van der Waals surface area contributed by atoms with E-state index in [9.17, 15) is 0 Å². The summed E-state index contributed by atoms with van der Waals surface area (Å²) in [6.07, 6.45) is 3.13. The molecule has 0 amide bonds. The highest BCUT2D eigenvalue weighted by molar-refractivity contribution is 5.53. The van der Waals surface area contributed by atoms with E-state index in [1.165, 1.54) is 16.7 Å². The molecule has 0 aromatic rings. The summed E-state index contributed by atoms with van der Waals surface area (Å²) in [5, 5.41) is 0. The summed E-state index contributed by atoms with van der Waals surface area (Å²) in [5.41, 5.74) is 4.70. The van der Waals surface area contributed by atoms with Gasteiger partial charge in [-0.3, -0.25) is 0 Å². The molecule has 1 unspecified atom stereocenters. The predicted octanol–water partition coefficient (Wildman–Crippen LogP) is 3.64. The van der Waals surface area contributed by atoms with Crippen molar-refractivity contribution >= 4 is 0 Å². The van der Waals surface area contributed by atoms with Crippen LogP contribution in [0.25, 0.3) is 0 Å². The topological polar surface area (TPSA) is 0 Å². The first-order valence-electron chi connectivity index (χ1n) is 4.27. The third-order valence-electron chi connectivity index (χ3n) is 2.27. The minimum absolute atomic E-state index is 0.558. The van der Waals surface area contributed by atoms with Crippen LogP contribution >= 0.6 is 0 Å². The van der Waals surface area contributed by atoms with Crippen LogP contribution in [0.3, 0.4) is 0 Å². The second kappa shape index (κ2) is 3.14. The van der Waals surface area contributed by atoms with E-state index in [2.05, 4.69) is 32.7 Å². The molecule has 0 aromatic carbocycles. The van der Waals surface area contributed by atoms with Crippen molar-refractivity contribution in [3.63, 3.8) is 0 Å². The molecule has 0 heterocycles. The quantitative estimate of drug-likeness (QED) is 0.549. The molecule has 0 aliphatic heterocycles.